The van der Waals surface area contributed by atoms with E-state index in [1.54, 1.807) is 0 Å². The summed E-state index contributed by atoms with van der Waals surface area (Å²) in [6.07, 6.45) is 0. The summed E-state index contributed by atoms with van der Waals surface area (Å²) >= 11 is 0. The van der Waals surface area contributed by atoms with E-state index in [0.29, 0.717) is 0 Å². The van der Waals surface area contributed by atoms with Gasteiger partial charge in [0.25, 0.3) is 0 Å². The molecule has 0 saturated carbocycles. The Morgan fingerprint density at radius 2 is 0.708 bits per heavy atom. The van der Waals surface area contributed by atoms with E-state index in [1.807, 2.05) is 0 Å². The number of Topliss-reactive ketones (excluding diaryl/α,β-unsaturated/α-hetero) is 4. The van der Waals surface area contributed by atoms with Crippen LogP contribution in [0.15, 0.2) is 48.5 Å². The first-order valence-corrected chi connectivity index (χ1v) is 13.8. The summed E-state index contributed by atoms with van der Waals surface area (Å²) in [7, 11) is 7.53. The Morgan fingerprint density at radius 1 is 0.396 bits per heavy atom. The predicted molar refractivity (Wildman–Crippen MR) is 168 cm³/mol. The topological polar surface area (TPSA) is 205 Å². The lowest BCUT2D eigenvalue weighted by atomic mass is 9.91. The standard InChI is InChI=1S/C34H30O14/c1-43-29-17(13-19(31(45-3)33(29)47-5)27(41)25(39)15-7-9-21(35)23(37)11-15)18-14-20(32(46-4)34(48-6)30(18)44-2)28(42)26(40)16-8-10-22(36)24(38)12-16/h7-14,35-38H,1-6H3. The molecular weight excluding hydrogens is 632 g/mol. The van der Waals surface area contributed by atoms with Crippen LogP contribution in [-0.4, -0.2) is 86.2 Å². The Hall–Kier alpha value is -6.44. The number of carbonyl (C=O) groups excluding carboxylic acids is 4. The molecule has 0 bridgehead atoms. The molecule has 4 rings (SSSR count). The smallest absolute Gasteiger partial charge is 0.237 e. The van der Waals surface area contributed by atoms with Crippen molar-refractivity contribution in [1.82, 2.24) is 0 Å². The molecule has 0 saturated heterocycles. The minimum absolute atomic E-state index is 0.0152. The Bertz CT molecular complexity index is 1820. The maximum absolute atomic E-state index is 13.7. The molecule has 0 unspecified atom stereocenters. The van der Waals surface area contributed by atoms with Crippen LogP contribution in [0.25, 0.3) is 11.1 Å². The van der Waals surface area contributed by atoms with Crippen molar-refractivity contribution in [2.24, 2.45) is 0 Å². The molecule has 0 aliphatic heterocycles. The Labute approximate surface area is 273 Å². The molecule has 14 nitrogen and oxygen atoms in total. The number of hydrogen-bond acceptors (Lipinski definition) is 14. The van der Waals surface area contributed by atoms with E-state index in [2.05, 4.69) is 0 Å². The van der Waals surface area contributed by atoms with Gasteiger partial charge in [-0.1, -0.05) is 0 Å². The van der Waals surface area contributed by atoms with Crippen LogP contribution in [0.2, 0.25) is 0 Å². The van der Waals surface area contributed by atoms with Gasteiger partial charge in [0, 0.05) is 22.3 Å². The molecule has 0 spiro atoms. The highest BCUT2D eigenvalue weighted by atomic mass is 16.5. The van der Waals surface area contributed by atoms with Gasteiger partial charge in [-0.3, -0.25) is 19.2 Å². The van der Waals surface area contributed by atoms with Crippen molar-refractivity contribution in [2.45, 2.75) is 0 Å². The third-order valence-electron chi connectivity index (χ3n) is 7.27. The summed E-state index contributed by atoms with van der Waals surface area (Å²) in [6, 6.07) is 8.65. The Balaban J connectivity index is 2.04. The zero-order chi connectivity index (χ0) is 35.4. The lowest BCUT2D eigenvalue weighted by molar-refractivity contribution is 0.0814. The first kappa shape index (κ1) is 34.4. The molecule has 250 valence electrons. The fourth-order valence-electron chi connectivity index (χ4n) is 5.00. The lowest BCUT2D eigenvalue weighted by Crippen LogP contribution is -2.17. The molecule has 0 atom stereocenters. The van der Waals surface area contributed by atoms with Crippen LogP contribution in [-0.2, 0) is 0 Å². The molecule has 0 amide bonds. The van der Waals surface area contributed by atoms with Crippen LogP contribution in [0, 0.1) is 0 Å². The first-order valence-electron chi connectivity index (χ1n) is 13.8. The zero-order valence-corrected chi connectivity index (χ0v) is 26.5. The monoisotopic (exact) mass is 662 g/mol. The fourth-order valence-corrected chi connectivity index (χ4v) is 5.00. The number of methoxy groups -OCH3 is 6. The predicted octanol–water partition coefficient (Wildman–Crippen LogP) is 4.36. The van der Waals surface area contributed by atoms with Gasteiger partial charge in [0.2, 0.25) is 34.6 Å². The number of ether oxygens (including phenoxy) is 6. The van der Waals surface area contributed by atoms with Gasteiger partial charge in [0.1, 0.15) is 0 Å². The van der Waals surface area contributed by atoms with Gasteiger partial charge in [-0.2, -0.15) is 0 Å². The summed E-state index contributed by atoms with van der Waals surface area (Å²) in [5.41, 5.74) is -1.12. The molecule has 0 fully saturated rings. The summed E-state index contributed by atoms with van der Waals surface area (Å²) in [5.74, 6) is -7.41. The van der Waals surface area contributed by atoms with Gasteiger partial charge in [0.05, 0.1) is 53.8 Å². The maximum atomic E-state index is 13.7. The summed E-state index contributed by atoms with van der Waals surface area (Å²) in [4.78, 5) is 54.2. The molecule has 0 radical (unpaired) electrons. The van der Waals surface area contributed by atoms with E-state index < -0.39 is 46.1 Å². The van der Waals surface area contributed by atoms with Gasteiger partial charge in [-0.25, -0.2) is 0 Å². The number of aromatic hydroxyl groups is 4. The van der Waals surface area contributed by atoms with E-state index in [-0.39, 0.29) is 67.9 Å². The highest BCUT2D eigenvalue weighted by Crippen LogP contribution is 2.53. The molecule has 0 aliphatic rings. The van der Waals surface area contributed by atoms with E-state index in [0.717, 1.165) is 36.4 Å². The minimum atomic E-state index is -1.11. The highest BCUT2D eigenvalue weighted by molar-refractivity contribution is 6.50. The van der Waals surface area contributed by atoms with Crippen molar-refractivity contribution in [1.29, 1.82) is 0 Å². The van der Waals surface area contributed by atoms with E-state index in [1.165, 1.54) is 54.8 Å². The highest BCUT2D eigenvalue weighted by Gasteiger charge is 2.34. The average molecular weight is 663 g/mol. The van der Waals surface area contributed by atoms with Crippen LogP contribution in [0.5, 0.6) is 57.5 Å². The van der Waals surface area contributed by atoms with Gasteiger partial charge >= 0.3 is 0 Å². The first-order chi connectivity index (χ1) is 22.9. The number of ketones is 4. The summed E-state index contributed by atoms with van der Waals surface area (Å²) < 4.78 is 33.3. The largest absolute Gasteiger partial charge is 0.504 e. The number of carbonyl (C=O) groups is 4. The normalized spacial score (nSPS) is 10.5. The van der Waals surface area contributed by atoms with E-state index >= 15 is 0 Å². The Morgan fingerprint density at radius 3 is 0.979 bits per heavy atom. The molecule has 0 aromatic heterocycles. The van der Waals surface area contributed by atoms with Crippen LogP contribution in [0.1, 0.15) is 41.4 Å². The van der Waals surface area contributed by atoms with Crippen molar-refractivity contribution in [2.75, 3.05) is 42.7 Å². The second kappa shape index (κ2) is 13.9. The maximum Gasteiger partial charge on any atom is 0.237 e. The number of rotatable bonds is 13. The number of benzene rings is 4. The quantitative estimate of drug-likeness (QED) is 0.0892. The number of hydrogen-bond donors (Lipinski definition) is 4. The van der Waals surface area contributed by atoms with Crippen molar-refractivity contribution in [3.63, 3.8) is 0 Å². The fraction of sp³-hybridized carbons (Fsp3) is 0.176. The van der Waals surface area contributed by atoms with Crippen LogP contribution >= 0.6 is 0 Å². The van der Waals surface area contributed by atoms with Gasteiger partial charge in [-0.15, -0.1) is 0 Å². The average Bonchev–Trinajstić information content (AvgIpc) is 3.10. The molecule has 0 aliphatic carbocycles. The molecule has 48 heavy (non-hydrogen) atoms. The van der Waals surface area contributed by atoms with Gasteiger partial charge in [-0.05, 0) is 48.5 Å². The minimum Gasteiger partial charge on any atom is -0.504 e. The molecule has 4 N–H and O–H groups in total. The van der Waals surface area contributed by atoms with Crippen LogP contribution in [0.4, 0.5) is 0 Å². The molecule has 14 heteroatoms. The summed E-state index contributed by atoms with van der Waals surface area (Å²) in [6.45, 7) is 0. The SMILES string of the molecule is COc1c(C(=O)C(=O)c2ccc(O)c(O)c2)cc(-c2cc(C(=O)C(=O)c3ccc(O)c(O)c3)c(OC)c(OC)c2OC)c(OC)c1OC. The molecule has 4 aromatic rings. The van der Waals surface area contributed by atoms with Gasteiger partial charge in [0.15, 0.2) is 46.0 Å². The zero-order valence-electron chi connectivity index (χ0n) is 26.5. The lowest BCUT2D eigenvalue weighted by Gasteiger charge is -2.22. The molecular formula is C34H30O14. The Kier molecular flexibility index (Phi) is 9.98. The van der Waals surface area contributed by atoms with Crippen molar-refractivity contribution in [3.8, 4) is 68.6 Å². The van der Waals surface area contributed by atoms with E-state index in [4.69, 9.17) is 28.4 Å². The van der Waals surface area contributed by atoms with E-state index in [9.17, 15) is 39.6 Å². The number of phenolic OH excluding ortho intramolecular Hbond substituents is 4. The third-order valence-corrected chi connectivity index (χ3v) is 7.27. The molecule has 0 heterocycles. The van der Waals surface area contributed by atoms with Gasteiger partial charge < -0.3 is 48.8 Å². The van der Waals surface area contributed by atoms with Crippen LogP contribution in [0.3, 0.4) is 0 Å². The second-order valence-corrected chi connectivity index (χ2v) is 9.87. The van der Waals surface area contributed by atoms with Crippen molar-refractivity contribution >= 4 is 23.1 Å². The van der Waals surface area contributed by atoms with Crippen molar-refractivity contribution < 1.29 is 68.0 Å². The molecule has 4 aromatic carbocycles. The second-order valence-electron chi connectivity index (χ2n) is 9.87. The summed E-state index contributed by atoms with van der Waals surface area (Å²) in [5, 5.41) is 39.2. The van der Waals surface area contributed by atoms with Crippen LogP contribution < -0.4 is 28.4 Å². The van der Waals surface area contributed by atoms with Crippen molar-refractivity contribution in [3.05, 3.63) is 70.8 Å². The number of phenols is 4. The third kappa shape index (κ3) is 5.93.